The SMILES string of the molecule is CC(=O)c1c(-c2cc(OC(C)C)c(-c3cnc(N)nc3N)cc2C)ccc2c1C=CCC2. The Labute approximate surface area is 188 Å². The van der Waals surface area contributed by atoms with Crippen LogP contribution < -0.4 is 16.2 Å². The average Bonchev–Trinajstić information content (AvgIpc) is 2.73. The molecule has 0 atom stereocenters. The van der Waals surface area contributed by atoms with Crippen molar-refractivity contribution in [2.45, 2.75) is 46.6 Å². The van der Waals surface area contributed by atoms with E-state index in [0.717, 1.165) is 46.2 Å². The number of hydrogen-bond donors (Lipinski definition) is 2. The average molecular weight is 429 g/mol. The van der Waals surface area contributed by atoms with Gasteiger partial charge < -0.3 is 16.2 Å². The van der Waals surface area contributed by atoms with E-state index in [1.165, 1.54) is 5.56 Å². The van der Waals surface area contributed by atoms with E-state index in [2.05, 4.69) is 34.3 Å². The Bertz CT molecular complexity index is 1250. The number of hydrogen-bond acceptors (Lipinski definition) is 6. The molecule has 0 fully saturated rings. The number of benzene rings is 2. The lowest BCUT2D eigenvalue weighted by atomic mass is 9.84. The van der Waals surface area contributed by atoms with Gasteiger partial charge in [0.25, 0.3) is 0 Å². The van der Waals surface area contributed by atoms with Crippen molar-refractivity contribution in [2.24, 2.45) is 0 Å². The molecular formula is C26H28N4O2. The minimum atomic E-state index is -0.0565. The first-order valence-corrected chi connectivity index (χ1v) is 10.8. The standard InChI is InChI=1S/C26H28N4O2/c1-14(2)32-23-12-20(15(3)11-21(23)22-13-29-26(28)30-25(22)27)19-10-9-17-7-5-6-8-18(17)24(19)16(4)31/h6,8-14H,5,7H2,1-4H3,(H4,27,28,29,30). The van der Waals surface area contributed by atoms with Gasteiger partial charge in [0.2, 0.25) is 5.95 Å². The third kappa shape index (κ3) is 3.96. The van der Waals surface area contributed by atoms with E-state index in [-0.39, 0.29) is 17.8 Å². The topological polar surface area (TPSA) is 104 Å². The fourth-order valence-corrected chi connectivity index (χ4v) is 4.27. The zero-order valence-corrected chi connectivity index (χ0v) is 18.9. The van der Waals surface area contributed by atoms with Crippen LogP contribution in [-0.2, 0) is 6.42 Å². The summed E-state index contributed by atoms with van der Waals surface area (Å²) in [5.74, 6) is 1.12. The fourth-order valence-electron chi connectivity index (χ4n) is 4.27. The first-order valence-electron chi connectivity index (χ1n) is 10.8. The Morgan fingerprint density at radius 2 is 1.88 bits per heavy atom. The number of Topliss-reactive ketones (excluding diaryl/α,β-unsaturated/α-hetero) is 1. The van der Waals surface area contributed by atoms with Gasteiger partial charge in [0, 0.05) is 22.9 Å². The Balaban J connectivity index is 1.96. The van der Waals surface area contributed by atoms with Crippen molar-refractivity contribution in [3.8, 4) is 28.0 Å². The van der Waals surface area contributed by atoms with Gasteiger partial charge in [-0.1, -0.05) is 24.3 Å². The number of nitrogens with zero attached hydrogens (tertiary/aromatic N) is 2. The van der Waals surface area contributed by atoms with Crippen LogP contribution in [0.3, 0.4) is 0 Å². The molecule has 4 rings (SSSR count). The molecule has 0 unspecified atom stereocenters. The highest BCUT2D eigenvalue weighted by Gasteiger charge is 2.22. The lowest BCUT2D eigenvalue weighted by molar-refractivity contribution is 0.101. The van der Waals surface area contributed by atoms with Crippen LogP contribution in [0, 0.1) is 6.92 Å². The molecule has 32 heavy (non-hydrogen) atoms. The molecule has 0 radical (unpaired) electrons. The molecule has 1 aromatic heterocycles. The summed E-state index contributed by atoms with van der Waals surface area (Å²) in [5.41, 5.74) is 19.1. The number of carbonyl (C=O) groups is 1. The summed E-state index contributed by atoms with van der Waals surface area (Å²) < 4.78 is 6.17. The van der Waals surface area contributed by atoms with Crippen LogP contribution in [-0.4, -0.2) is 21.9 Å². The van der Waals surface area contributed by atoms with Crippen molar-refractivity contribution in [1.29, 1.82) is 0 Å². The molecule has 1 aliphatic carbocycles. The van der Waals surface area contributed by atoms with Crippen LogP contribution in [0.5, 0.6) is 5.75 Å². The molecule has 0 amide bonds. The molecule has 1 aliphatic rings. The predicted molar refractivity (Wildman–Crippen MR) is 130 cm³/mol. The summed E-state index contributed by atoms with van der Waals surface area (Å²) in [4.78, 5) is 21.0. The van der Waals surface area contributed by atoms with Gasteiger partial charge in [-0.15, -0.1) is 0 Å². The van der Waals surface area contributed by atoms with Gasteiger partial charge in [0.1, 0.15) is 11.6 Å². The lowest BCUT2D eigenvalue weighted by Gasteiger charge is -2.21. The van der Waals surface area contributed by atoms with E-state index in [9.17, 15) is 4.79 Å². The zero-order chi connectivity index (χ0) is 23.0. The number of rotatable bonds is 5. The van der Waals surface area contributed by atoms with Crippen LogP contribution in [0.2, 0.25) is 0 Å². The van der Waals surface area contributed by atoms with Crippen LogP contribution in [0.1, 0.15) is 54.2 Å². The Morgan fingerprint density at radius 1 is 1.09 bits per heavy atom. The summed E-state index contributed by atoms with van der Waals surface area (Å²) in [5, 5.41) is 0. The third-order valence-electron chi connectivity index (χ3n) is 5.66. The molecule has 0 saturated heterocycles. The van der Waals surface area contributed by atoms with Crippen molar-refractivity contribution in [3.63, 3.8) is 0 Å². The van der Waals surface area contributed by atoms with Gasteiger partial charge in [-0.05, 0) is 80.5 Å². The van der Waals surface area contributed by atoms with Crippen LogP contribution >= 0.6 is 0 Å². The van der Waals surface area contributed by atoms with Crippen molar-refractivity contribution in [3.05, 3.63) is 58.8 Å². The molecule has 6 heteroatoms. The quantitative estimate of drug-likeness (QED) is 0.539. The van der Waals surface area contributed by atoms with Gasteiger partial charge in [0.15, 0.2) is 5.78 Å². The van der Waals surface area contributed by atoms with Crippen LogP contribution in [0.15, 0.2) is 36.5 Å². The molecule has 4 N–H and O–H groups in total. The van der Waals surface area contributed by atoms with Gasteiger partial charge in [-0.25, -0.2) is 4.98 Å². The normalized spacial score (nSPS) is 12.7. The van der Waals surface area contributed by atoms with E-state index < -0.39 is 0 Å². The molecule has 2 aromatic carbocycles. The first-order chi connectivity index (χ1) is 15.3. The van der Waals surface area contributed by atoms with E-state index in [1.807, 2.05) is 32.9 Å². The summed E-state index contributed by atoms with van der Waals surface area (Å²) in [6.45, 7) is 7.59. The van der Waals surface area contributed by atoms with Crippen molar-refractivity contribution in [2.75, 3.05) is 11.5 Å². The number of carbonyl (C=O) groups excluding carboxylic acids is 1. The van der Waals surface area contributed by atoms with Crippen LogP contribution in [0.4, 0.5) is 11.8 Å². The molecular weight excluding hydrogens is 400 g/mol. The number of aromatic nitrogens is 2. The summed E-state index contributed by atoms with van der Waals surface area (Å²) in [6.07, 6.45) is 7.70. The highest BCUT2D eigenvalue weighted by molar-refractivity contribution is 6.05. The monoisotopic (exact) mass is 428 g/mol. The molecule has 3 aromatic rings. The van der Waals surface area contributed by atoms with Crippen molar-refractivity contribution >= 4 is 23.6 Å². The number of nitrogens with two attached hydrogens (primary N) is 2. The molecule has 1 heterocycles. The van der Waals surface area contributed by atoms with E-state index in [4.69, 9.17) is 16.2 Å². The predicted octanol–water partition coefficient (Wildman–Crippen LogP) is 5.23. The van der Waals surface area contributed by atoms with Gasteiger partial charge >= 0.3 is 0 Å². The molecule has 0 aliphatic heterocycles. The molecule has 0 saturated carbocycles. The maximum atomic E-state index is 12.7. The molecule has 164 valence electrons. The largest absolute Gasteiger partial charge is 0.490 e. The maximum absolute atomic E-state index is 12.7. The van der Waals surface area contributed by atoms with Gasteiger partial charge in [-0.3, -0.25) is 4.79 Å². The van der Waals surface area contributed by atoms with Crippen molar-refractivity contribution in [1.82, 2.24) is 9.97 Å². The number of nitrogen functional groups attached to an aromatic ring is 2. The summed E-state index contributed by atoms with van der Waals surface area (Å²) in [6, 6.07) is 8.18. The second-order valence-electron chi connectivity index (χ2n) is 8.42. The fraction of sp³-hybridized carbons (Fsp3) is 0.269. The lowest BCUT2D eigenvalue weighted by Crippen LogP contribution is -2.09. The number of ketones is 1. The maximum Gasteiger partial charge on any atom is 0.221 e. The Hall–Kier alpha value is -3.67. The second kappa shape index (κ2) is 8.46. The molecule has 0 bridgehead atoms. The number of anilines is 2. The number of fused-ring (bicyclic) bond motifs is 1. The minimum Gasteiger partial charge on any atom is -0.490 e. The zero-order valence-electron chi connectivity index (χ0n) is 18.9. The molecule has 0 spiro atoms. The Kier molecular flexibility index (Phi) is 5.70. The Morgan fingerprint density at radius 3 is 2.56 bits per heavy atom. The number of aryl methyl sites for hydroxylation is 2. The van der Waals surface area contributed by atoms with E-state index in [1.54, 1.807) is 13.1 Å². The van der Waals surface area contributed by atoms with Gasteiger partial charge in [0.05, 0.1) is 6.10 Å². The summed E-state index contributed by atoms with van der Waals surface area (Å²) in [7, 11) is 0. The van der Waals surface area contributed by atoms with E-state index in [0.29, 0.717) is 17.1 Å². The highest BCUT2D eigenvalue weighted by atomic mass is 16.5. The van der Waals surface area contributed by atoms with E-state index >= 15 is 0 Å². The first kappa shape index (κ1) is 21.6. The number of allylic oxidation sites excluding steroid dienone is 1. The minimum absolute atomic E-state index is 0.0504. The van der Waals surface area contributed by atoms with Crippen LogP contribution in [0.25, 0.3) is 28.3 Å². The third-order valence-corrected chi connectivity index (χ3v) is 5.66. The van der Waals surface area contributed by atoms with Crippen molar-refractivity contribution < 1.29 is 9.53 Å². The number of ether oxygens (including phenoxy) is 1. The second-order valence-corrected chi connectivity index (χ2v) is 8.42. The van der Waals surface area contributed by atoms with Gasteiger partial charge in [-0.2, -0.15) is 4.98 Å². The molecule has 6 nitrogen and oxygen atoms in total. The summed E-state index contributed by atoms with van der Waals surface area (Å²) >= 11 is 0. The highest BCUT2D eigenvalue weighted by Crippen LogP contribution is 2.41. The smallest absolute Gasteiger partial charge is 0.221 e.